The minimum Gasteiger partial charge on any atom is -0.496 e. The molecule has 4 nitrogen and oxygen atoms in total. The monoisotopic (exact) mass is 421 g/mol. The molecule has 0 unspecified atom stereocenters. The van der Waals surface area contributed by atoms with Crippen molar-refractivity contribution >= 4 is 22.4 Å². The van der Waals surface area contributed by atoms with E-state index in [1.54, 1.807) is 31.6 Å². The topological polar surface area (TPSA) is 42.7 Å². The Labute approximate surface area is 182 Å². The molecule has 1 aromatic heterocycles. The van der Waals surface area contributed by atoms with Crippen LogP contribution in [0.15, 0.2) is 47.1 Å². The van der Waals surface area contributed by atoms with Crippen LogP contribution in [0.4, 0.5) is 4.39 Å². The molecule has 1 aliphatic heterocycles. The number of hydrogen-bond acceptors (Lipinski definition) is 3. The second kappa shape index (κ2) is 8.58. The van der Waals surface area contributed by atoms with Gasteiger partial charge in [0.2, 0.25) is 5.91 Å². The van der Waals surface area contributed by atoms with Crippen molar-refractivity contribution in [3.63, 3.8) is 0 Å². The standard InChI is InChI=1S/C26H28FNO3/c1-16-9-11-28(12-10-16)24(29)13-17(2)21-14-22-23(19-5-7-20(27)8-6-19)15-31-26(22)18(3)25(21)30-4/h5-8,13-16H,9-12H2,1-4H3/b17-13+. The quantitative estimate of drug-likeness (QED) is 0.470. The summed E-state index contributed by atoms with van der Waals surface area (Å²) in [6.07, 6.45) is 5.48. The predicted octanol–water partition coefficient (Wildman–Crippen LogP) is 6.22. The molecule has 0 aliphatic carbocycles. The Kier molecular flexibility index (Phi) is 5.86. The number of hydrogen-bond donors (Lipinski definition) is 0. The highest BCUT2D eigenvalue weighted by molar-refractivity contribution is 6.01. The van der Waals surface area contributed by atoms with Gasteiger partial charge in [-0.25, -0.2) is 4.39 Å². The average molecular weight is 422 g/mol. The van der Waals surface area contributed by atoms with Gasteiger partial charge in [-0.15, -0.1) is 0 Å². The fraction of sp³-hybridized carbons (Fsp3) is 0.346. The molecule has 1 saturated heterocycles. The first-order chi connectivity index (χ1) is 14.9. The van der Waals surface area contributed by atoms with E-state index in [1.165, 1.54) is 12.1 Å². The lowest BCUT2D eigenvalue weighted by Crippen LogP contribution is -2.36. The molecule has 4 rings (SSSR count). The van der Waals surface area contributed by atoms with E-state index in [4.69, 9.17) is 9.15 Å². The van der Waals surface area contributed by atoms with Gasteiger partial charge < -0.3 is 14.1 Å². The van der Waals surface area contributed by atoms with E-state index in [1.807, 2.05) is 24.8 Å². The van der Waals surface area contributed by atoms with Gasteiger partial charge >= 0.3 is 0 Å². The number of piperidine rings is 1. The second-order valence-corrected chi connectivity index (χ2v) is 8.45. The summed E-state index contributed by atoms with van der Waals surface area (Å²) in [4.78, 5) is 14.8. The van der Waals surface area contributed by atoms with Crippen molar-refractivity contribution in [3.8, 4) is 16.9 Å². The van der Waals surface area contributed by atoms with E-state index in [0.717, 1.165) is 64.7 Å². The highest BCUT2D eigenvalue weighted by Gasteiger charge is 2.21. The summed E-state index contributed by atoms with van der Waals surface area (Å²) in [5, 5.41) is 0.909. The van der Waals surface area contributed by atoms with Crippen molar-refractivity contribution in [1.29, 1.82) is 0 Å². The van der Waals surface area contributed by atoms with Crippen molar-refractivity contribution in [1.82, 2.24) is 4.90 Å². The Morgan fingerprint density at radius 1 is 1.23 bits per heavy atom. The molecule has 2 heterocycles. The van der Waals surface area contributed by atoms with Gasteiger partial charge in [0.05, 0.1) is 13.4 Å². The third-order valence-electron chi connectivity index (χ3n) is 6.26. The molecular formula is C26H28FNO3. The summed E-state index contributed by atoms with van der Waals surface area (Å²) in [5.74, 6) is 1.13. The summed E-state index contributed by atoms with van der Waals surface area (Å²) in [7, 11) is 1.63. The molecule has 3 aromatic rings. The first-order valence-electron chi connectivity index (χ1n) is 10.7. The van der Waals surface area contributed by atoms with Crippen LogP contribution in [0.1, 0.15) is 37.8 Å². The summed E-state index contributed by atoms with van der Waals surface area (Å²) >= 11 is 0. The molecular weight excluding hydrogens is 393 g/mol. The lowest BCUT2D eigenvalue weighted by atomic mass is 9.96. The smallest absolute Gasteiger partial charge is 0.246 e. The highest BCUT2D eigenvalue weighted by Crippen LogP contribution is 2.40. The van der Waals surface area contributed by atoms with Crippen LogP contribution >= 0.6 is 0 Å². The van der Waals surface area contributed by atoms with Gasteiger partial charge in [0.1, 0.15) is 17.1 Å². The maximum atomic E-state index is 13.4. The predicted molar refractivity (Wildman–Crippen MR) is 122 cm³/mol. The van der Waals surface area contributed by atoms with Crippen LogP contribution in [0.2, 0.25) is 0 Å². The van der Waals surface area contributed by atoms with Gasteiger partial charge in [0.15, 0.2) is 0 Å². The maximum Gasteiger partial charge on any atom is 0.246 e. The van der Waals surface area contributed by atoms with Crippen molar-refractivity contribution in [2.24, 2.45) is 5.92 Å². The van der Waals surface area contributed by atoms with E-state index in [-0.39, 0.29) is 11.7 Å². The fourth-order valence-corrected chi connectivity index (χ4v) is 4.31. The van der Waals surface area contributed by atoms with Gasteiger partial charge in [-0.3, -0.25) is 4.79 Å². The molecule has 31 heavy (non-hydrogen) atoms. The second-order valence-electron chi connectivity index (χ2n) is 8.45. The third kappa shape index (κ3) is 4.09. The van der Waals surface area contributed by atoms with Gasteiger partial charge in [-0.1, -0.05) is 19.1 Å². The lowest BCUT2D eigenvalue weighted by molar-refractivity contribution is -0.127. The minimum absolute atomic E-state index is 0.0372. The highest BCUT2D eigenvalue weighted by atomic mass is 19.1. The average Bonchev–Trinajstić information content (AvgIpc) is 3.19. The van der Waals surface area contributed by atoms with Crippen molar-refractivity contribution < 1.29 is 18.3 Å². The van der Waals surface area contributed by atoms with Crippen LogP contribution in [-0.4, -0.2) is 31.0 Å². The van der Waals surface area contributed by atoms with Crippen LogP contribution in [0.25, 0.3) is 27.7 Å². The number of rotatable bonds is 4. The van der Waals surface area contributed by atoms with E-state index in [0.29, 0.717) is 11.7 Å². The fourth-order valence-electron chi connectivity index (χ4n) is 4.31. The van der Waals surface area contributed by atoms with Crippen LogP contribution in [-0.2, 0) is 4.79 Å². The number of halogens is 1. The number of likely N-dealkylation sites (tertiary alicyclic amines) is 1. The molecule has 0 spiro atoms. The number of aryl methyl sites for hydroxylation is 1. The van der Waals surface area contributed by atoms with Crippen molar-refractivity contribution in [2.75, 3.05) is 20.2 Å². The van der Waals surface area contributed by atoms with Gasteiger partial charge in [0.25, 0.3) is 0 Å². The Bertz CT molecular complexity index is 1140. The van der Waals surface area contributed by atoms with Crippen LogP contribution in [0, 0.1) is 18.7 Å². The van der Waals surface area contributed by atoms with Crippen LogP contribution in [0.5, 0.6) is 5.75 Å². The maximum absolute atomic E-state index is 13.4. The van der Waals surface area contributed by atoms with Crippen molar-refractivity contribution in [3.05, 3.63) is 59.6 Å². The molecule has 1 amide bonds. The van der Waals surface area contributed by atoms with Crippen LogP contribution < -0.4 is 4.74 Å². The summed E-state index contributed by atoms with van der Waals surface area (Å²) in [6.45, 7) is 7.72. The number of carbonyl (C=O) groups is 1. The molecule has 162 valence electrons. The van der Waals surface area contributed by atoms with Gasteiger partial charge in [-0.2, -0.15) is 0 Å². The Morgan fingerprint density at radius 3 is 2.55 bits per heavy atom. The number of ether oxygens (including phenoxy) is 1. The molecule has 5 heteroatoms. The Balaban J connectivity index is 1.76. The number of amides is 1. The van der Waals surface area contributed by atoms with Gasteiger partial charge in [0, 0.05) is 41.2 Å². The van der Waals surface area contributed by atoms with Crippen molar-refractivity contribution in [2.45, 2.75) is 33.6 Å². The normalized spacial score (nSPS) is 15.5. The number of carbonyl (C=O) groups excluding carboxylic acids is 1. The van der Waals surface area contributed by atoms with E-state index in [2.05, 4.69) is 6.92 Å². The minimum atomic E-state index is -0.278. The number of nitrogens with zero attached hydrogens (tertiary/aromatic N) is 1. The zero-order valence-electron chi connectivity index (χ0n) is 18.5. The molecule has 2 aromatic carbocycles. The number of furan rings is 1. The summed E-state index contributed by atoms with van der Waals surface area (Å²) in [6, 6.07) is 8.36. The molecule has 1 aliphatic rings. The molecule has 0 atom stereocenters. The SMILES string of the molecule is COc1c(/C(C)=C/C(=O)N2CCC(C)CC2)cc2c(-c3ccc(F)cc3)coc2c1C. The molecule has 0 bridgehead atoms. The first kappa shape index (κ1) is 21.2. The molecule has 1 fully saturated rings. The van der Waals surface area contributed by atoms with Gasteiger partial charge in [-0.05, 0) is 61.9 Å². The molecule has 0 saturated carbocycles. The lowest BCUT2D eigenvalue weighted by Gasteiger charge is -2.29. The van der Waals surface area contributed by atoms with E-state index < -0.39 is 0 Å². The Morgan fingerprint density at radius 2 is 1.90 bits per heavy atom. The third-order valence-corrected chi connectivity index (χ3v) is 6.26. The zero-order chi connectivity index (χ0) is 22.1. The number of fused-ring (bicyclic) bond motifs is 1. The zero-order valence-corrected chi connectivity index (χ0v) is 18.5. The van der Waals surface area contributed by atoms with Crippen LogP contribution in [0.3, 0.4) is 0 Å². The summed E-state index contributed by atoms with van der Waals surface area (Å²) < 4.78 is 24.9. The summed E-state index contributed by atoms with van der Waals surface area (Å²) in [5.41, 5.74) is 5.05. The number of methoxy groups -OCH3 is 1. The van der Waals surface area contributed by atoms with E-state index in [9.17, 15) is 9.18 Å². The molecule has 0 N–H and O–H groups in total. The number of benzene rings is 2. The number of allylic oxidation sites excluding steroid dienone is 1. The molecule has 0 radical (unpaired) electrons. The first-order valence-corrected chi connectivity index (χ1v) is 10.7. The largest absolute Gasteiger partial charge is 0.496 e. The van der Waals surface area contributed by atoms with E-state index >= 15 is 0 Å². The Hall–Kier alpha value is -3.08.